The molecule has 0 saturated carbocycles. The zero-order valence-corrected chi connectivity index (χ0v) is 14.2. The van der Waals surface area contributed by atoms with Crippen LogP contribution in [0.2, 0.25) is 0 Å². The maximum Gasteiger partial charge on any atom is 0.244 e. The molecule has 0 bridgehead atoms. The first-order chi connectivity index (χ1) is 10.1. The van der Waals surface area contributed by atoms with Gasteiger partial charge in [0.25, 0.3) is 0 Å². The summed E-state index contributed by atoms with van der Waals surface area (Å²) in [6, 6.07) is 1.02. The van der Waals surface area contributed by atoms with Crippen LogP contribution in [0.3, 0.4) is 0 Å². The van der Waals surface area contributed by atoms with Gasteiger partial charge in [0, 0.05) is 18.0 Å². The molecule has 2 heterocycles. The summed E-state index contributed by atoms with van der Waals surface area (Å²) < 4.78 is 30.5. The average Bonchev–Trinajstić information content (AvgIpc) is 2.74. The Bertz CT molecular complexity index is 645. The van der Waals surface area contributed by atoms with E-state index in [0.29, 0.717) is 31.0 Å². The van der Waals surface area contributed by atoms with Gasteiger partial charge in [-0.25, -0.2) is 8.42 Å². The van der Waals surface area contributed by atoms with Gasteiger partial charge in [-0.05, 0) is 12.8 Å². The van der Waals surface area contributed by atoms with E-state index in [9.17, 15) is 13.2 Å². The molecule has 0 radical (unpaired) electrons. The van der Waals surface area contributed by atoms with Gasteiger partial charge < -0.3 is 9.84 Å². The largest absolute Gasteiger partial charge is 0.359 e. The van der Waals surface area contributed by atoms with E-state index in [2.05, 4.69) is 10.5 Å². The highest BCUT2D eigenvalue weighted by Gasteiger charge is 2.41. The number of hydrogen-bond acceptors (Lipinski definition) is 5. The van der Waals surface area contributed by atoms with Gasteiger partial charge in [-0.2, -0.15) is 4.31 Å². The van der Waals surface area contributed by atoms with E-state index in [1.807, 2.05) is 20.8 Å². The van der Waals surface area contributed by atoms with Crippen molar-refractivity contribution in [3.63, 3.8) is 0 Å². The maximum atomic E-state index is 12.2. The molecular weight excluding hydrogens is 306 g/mol. The summed E-state index contributed by atoms with van der Waals surface area (Å²) in [6.45, 7) is 8.13. The molecule has 2 rings (SSSR count). The summed E-state index contributed by atoms with van der Waals surface area (Å²) in [5.74, 6) is 0.677. The first kappa shape index (κ1) is 17.0. The van der Waals surface area contributed by atoms with E-state index in [1.54, 1.807) is 13.0 Å². The molecule has 1 N–H and O–H groups in total. The molecule has 0 spiro atoms. The van der Waals surface area contributed by atoms with Gasteiger partial charge >= 0.3 is 0 Å². The van der Waals surface area contributed by atoms with E-state index in [4.69, 9.17) is 4.52 Å². The SMILES string of the molecule is CCCS(=O)(=O)N1CCC1C(=O)Nc1cc(C(C)(C)C)on1. The number of sulfonamides is 1. The first-order valence-electron chi connectivity index (χ1n) is 7.42. The Balaban J connectivity index is 2.03. The smallest absolute Gasteiger partial charge is 0.244 e. The fourth-order valence-corrected chi connectivity index (χ4v) is 3.95. The Hall–Kier alpha value is -1.41. The zero-order valence-electron chi connectivity index (χ0n) is 13.4. The summed E-state index contributed by atoms with van der Waals surface area (Å²) >= 11 is 0. The highest BCUT2D eigenvalue weighted by Crippen LogP contribution is 2.26. The Morgan fingerprint density at radius 1 is 1.50 bits per heavy atom. The van der Waals surface area contributed by atoms with Crippen molar-refractivity contribution in [2.75, 3.05) is 17.6 Å². The van der Waals surface area contributed by atoms with Crippen molar-refractivity contribution in [3.8, 4) is 0 Å². The molecule has 1 aromatic heterocycles. The number of amides is 1. The number of nitrogens with zero attached hydrogens (tertiary/aromatic N) is 2. The lowest BCUT2D eigenvalue weighted by Crippen LogP contribution is -2.57. The van der Waals surface area contributed by atoms with Crippen molar-refractivity contribution in [1.82, 2.24) is 9.46 Å². The van der Waals surface area contributed by atoms with Crippen molar-refractivity contribution in [3.05, 3.63) is 11.8 Å². The Labute approximate surface area is 131 Å². The molecule has 0 aliphatic carbocycles. The lowest BCUT2D eigenvalue weighted by Gasteiger charge is -2.38. The number of aromatic nitrogens is 1. The van der Waals surface area contributed by atoms with Crippen LogP contribution in [0.25, 0.3) is 0 Å². The Morgan fingerprint density at radius 3 is 2.64 bits per heavy atom. The summed E-state index contributed by atoms with van der Waals surface area (Å²) in [4.78, 5) is 12.2. The van der Waals surface area contributed by atoms with Crippen LogP contribution in [0.5, 0.6) is 0 Å². The fraction of sp³-hybridized carbons (Fsp3) is 0.714. The van der Waals surface area contributed by atoms with Crippen molar-refractivity contribution >= 4 is 21.7 Å². The number of carbonyl (C=O) groups is 1. The van der Waals surface area contributed by atoms with Crippen LogP contribution in [0.1, 0.15) is 46.3 Å². The molecule has 22 heavy (non-hydrogen) atoms. The van der Waals surface area contributed by atoms with Crippen LogP contribution in [-0.2, 0) is 20.2 Å². The minimum Gasteiger partial charge on any atom is -0.359 e. The minimum atomic E-state index is -3.35. The molecule has 124 valence electrons. The maximum absolute atomic E-state index is 12.2. The number of nitrogens with one attached hydrogen (secondary N) is 1. The quantitative estimate of drug-likeness (QED) is 0.888. The Kier molecular flexibility index (Phi) is 4.62. The van der Waals surface area contributed by atoms with Gasteiger partial charge in [-0.3, -0.25) is 4.79 Å². The van der Waals surface area contributed by atoms with Gasteiger partial charge in [0.05, 0.1) is 5.75 Å². The minimum absolute atomic E-state index is 0.0644. The summed E-state index contributed by atoms with van der Waals surface area (Å²) in [5.41, 5.74) is -0.205. The zero-order chi connectivity index (χ0) is 16.5. The molecule has 1 saturated heterocycles. The van der Waals surface area contributed by atoms with E-state index < -0.39 is 16.1 Å². The lowest BCUT2D eigenvalue weighted by molar-refractivity contribution is -0.122. The van der Waals surface area contributed by atoms with Crippen LogP contribution in [0.4, 0.5) is 5.82 Å². The van der Waals surface area contributed by atoms with Gasteiger partial charge in [0.15, 0.2) is 5.82 Å². The molecular formula is C14H23N3O4S. The molecule has 8 heteroatoms. The fourth-order valence-electron chi connectivity index (χ4n) is 2.23. The van der Waals surface area contributed by atoms with Gasteiger partial charge in [0.1, 0.15) is 11.8 Å². The standard InChI is InChI=1S/C14H23N3O4S/c1-5-8-22(19,20)17-7-6-10(17)13(18)15-12-9-11(21-16-12)14(2,3)4/h9-10H,5-8H2,1-4H3,(H,15,16,18). The second-order valence-electron chi connectivity index (χ2n) is 6.55. The van der Waals surface area contributed by atoms with Crippen molar-refractivity contribution in [2.45, 2.75) is 52.0 Å². The molecule has 1 fully saturated rings. The van der Waals surface area contributed by atoms with Crippen LogP contribution in [0, 0.1) is 0 Å². The second-order valence-corrected chi connectivity index (χ2v) is 8.59. The third-order valence-electron chi connectivity index (χ3n) is 3.59. The molecule has 7 nitrogen and oxygen atoms in total. The third-order valence-corrected chi connectivity index (χ3v) is 5.67. The normalized spacial score (nSPS) is 19.7. The molecule has 1 aliphatic rings. The van der Waals surface area contributed by atoms with Crippen LogP contribution in [0.15, 0.2) is 10.6 Å². The summed E-state index contributed by atoms with van der Waals surface area (Å²) in [7, 11) is -3.35. The molecule has 1 atom stereocenters. The van der Waals surface area contributed by atoms with Crippen LogP contribution in [-0.4, -0.2) is 42.1 Å². The average molecular weight is 329 g/mol. The third kappa shape index (κ3) is 3.49. The predicted octanol–water partition coefficient (Wildman–Crippen LogP) is 1.72. The second kappa shape index (κ2) is 6.00. The van der Waals surface area contributed by atoms with E-state index in [1.165, 1.54) is 4.31 Å². The highest BCUT2D eigenvalue weighted by atomic mass is 32.2. The van der Waals surface area contributed by atoms with Crippen molar-refractivity contribution in [2.24, 2.45) is 0 Å². The number of carbonyl (C=O) groups excluding carboxylic acids is 1. The summed E-state index contributed by atoms with van der Waals surface area (Å²) in [5, 5.41) is 6.44. The van der Waals surface area contributed by atoms with Crippen LogP contribution >= 0.6 is 0 Å². The molecule has 1 amide bonds. The molecule has 1 aliphatic heterocycles. The predicted molar refractivity (Wildman–Crippen MR) is 83.0 cm³/mol. The molecule has 1 aromatic rings. The van der Waals surface area contributed by atoms with E-state index in [0.717, 1.165) is 0 Å². The Morgan fingerprint density at radius 2 is 2.18 bits per heavy atom. The number of hydrogen-bond donors (Lipinski definition) is 1. The number of anilines is 1. The van der Waals surface area contributed by atoms with Crippen LogP contribution < -0.4 is 5.32 Å². The van der Waals surface area contributed by atoms with Gasteiger partial charge in [0.2, 0.25) is 15.9 Å². The topological polar surface area (TPSA) is 92.5 Å². The first-order valence-corrected chi connectivity index (χ1v) is 9.03. The monoisotopic (exact) mass is 329 g/mol. The van der Waals surface area contributed by atoms with Crippen molar-refractivity contribution < 1.29 is 17.7 Å². The molecule has 0 aromatic carbocycles. The highest BCUT2D eigenvalue weighted by molar-refractivity contribution is 7.89. The van der Waals surface area contributed by atoms with E-state index in [-0.39, 0.29) is 17.1 Å². The number of rotatable bonds is 5. The van der Waals surface area contributed by atoms with Gasteiger partial charge in [-0.1, -0.05) is 32.9 Å². The summed E-state index contributed by atoms with van der Waals surface area (Å²) in [6.07, 6.45) is 1.06. The van der Waals surface area contributed by atoms with Gasteiger partial charge in [-0.15, -0.1) is 0 Å². The van der Waals surface area contributed by atoms with Crippen molar-refractivity contribution in [1.29, 1.82) is 0 Å². The van der Waals surface area contributed by atoms with E-state index >= 15 is 0 Å². The lowest BCUT2D eigenvalue weighted by atomic mass is 9.93. The molecule has 1 unspecified atom stereocenters.